The van der Waals surface area contributed by atoms with Crippen LogP contribution in [0.2, 0.25) is 0 Å². The summed E-state index contributed by atoms with van der Waals surface area (Å²) < 4.78 is 27.8. The zero-order valence-electron chi connectivity index (χ0n) is 12.0. The highest BCUT2D eigenvalue weighted by Gasteiger charge is 2.12. The number of benzene rings is 1. The van der Waals surface area contributed by atoms with E-state index in [9.17, 15) is 13.2 Å². The fraction of sp³-hybridized carbons (Fsp3) is 0.385. The van der Waals surface area contributed by atoms with Gasteiger partial charge in [0.05, 0.1) is 12.3 Å². The molecule has 0 spiro atoms. The zero-order chi connectivity index (χ0) is 15.5. The van der Waals surface area contributed by atoms with Crippen molar-refractivity contribution >= 4 is 10.0 Å². The van der Waals surface area contributed by atoms with Gasteiger partial charge in [-0.3, -0.25) is 4.57 Å². The maximum atomic E-state index is 12.1. The largest absolute Gasteiger partial charge is 0.345 e. The van der Waals surface area contributed by atoms with Gasteiger partial charge in [-0.15, -0.1) is 5.10 Å². The number of nitrogens with one attached hydrogen (secondary N) is 1. The summed E-state index contributed by atoms with van der Waals surface area (Å²) in [4.78, 5) is 12.1. The highest BCUT2D eigenvalue weighted by Crippen LogP contribution is 2.13. The van der Waals surface area contributed by atoms with E-state index < -0.39 is 10.0 Å². The molecule has 1 aromatic heterocycles. The maximum Gasteiger partial charge on any atom is 0.345 e. The lowest BCUT2D eigenvalue weighted by Gasteiger charge is -2.03. The van der Waals surface area contributed by atoms with Crippen molar-refractivity contribution < 1.29 is 8.42 Å². The normalized spacial score (nSPS) is 11.7. The number of aromatic nitrogens is 3. The van der Waals surface area contributed by atoms with E-state index in [0.29, 0.717) is 5.82 Å². The second-order valence-corrected chi connectivity index (χ2v) is 6.65. The second-order valence-electron chi connectivity index (χ2n) is 4.55. The van der Waals surface area contributed by atoms with Gasteiger partial charge in [0.25, 0.3) is 0 Å². The van der Waals surface area contributed by atoms with E-state index in [1.165, 1.54) is 9.25 Å². The summed E-state index contributed by atoms with van der Waals surface area (Å²) in [6.07, 6.45) is 0. The first kappa shape index (κ1) is 15.5. The average Bonchev–Trinajstić information content (AvgIpc) is 2.76. The molecular weight excluding hydrogens is 292 g/mol. The molecule has 2 aromatic rings. The van der Waals surface area contributed by atoms with Gasteiger partial charge in [0.1, 0.15) is 0 Å². The van der Waals surface area contributed by atoms with Crippen molar-refractivity contribution in [2.24, 2.45) is 7.05 Å². The SMILES string of the molecule is CCS(=O)(=O)NCCn1nc(-c2ccccc2)n(C)c1=O. The Bertz CT molecular complexity index is 762. The summed E-state index contributed by atoms with van der Waals surface area (Å²) in [7, 11) is -1.61. The number of rotatable bonds is 6. The Morgan fingerprint density at radius 2 is 1.90 bits per heavy atom. The lowest BCUT2D eigenvalue weighted by atomic mass is 10.2. The average molecular weight is 310 g/mol. The minimum absolute atomic E-state index is 0.0133. The van der Waals surface area contributed by atoms with E-state index in [0.717, 1.165) is 5.56 Å². The molecule has 0 aliphatic rings. The summed E-state index contributed by atoms with van der Waals surface area (Å²) in [6, 6.07) is 9.36. The fourth-order valence-electron chi connectivity index (χ4n) is 1.88. The standard InChI is InChI=1S/C13H18N4O3S/c1-3-21(19,20)14-9-10-17-13(18)16(2)12(15-17)11-7-5-4-6-8-11/h4-8,14H,3,9-10H2,1-2H3. The van der Waals surface area contributed by atoms with Crippen LogP contribution in [0.5, 0.6) is 0 Å². The molecular formula is C13H18N4O3S. The molecule has 0 unspecified atom stereocenters. The van der Waals surface area contributed by atoms with Crippen LogP contribution in [0.1, 0.15) is 6.92 Å². The molecule has 0 atom stereocenters. The van der Waals surface area contributed by atoms with E-state index >= 15 is 0 Å². The van der Waals surface area contributed by atoms with Crippen molar-refractivity contribution in [1.82, 2.24) is 19.1 Å². The van der Waals surface area contributed by atoms with E-state index in [1.54, 1.807) is 14.0 Å². The van der Waals surface area contributed by atoms with Crippen LogP contribution >= 0.6 is 0 Å². The van der Waals surface area contributed by atoms with Crippen LogP contribution in [0.15, 0.2) is 35.1 Å². The molecule has 0 amide bonds. The molecule has 0 bridgehead atoms. The van der Waals surface area contributed by atoms with Crippen molar-refractivity contribution in [3.63, 3.8) is 0 Å². The van der Waals surface area contributed by atoms with Gasteiger partial charge < -0.3 is 0 Å². The van der Waals surface area contributed by atoms with Crippen LogP contribution in [-0.2, 0) is 23.6 Å². The molecule has 1 N–H and O–H groups in total. The van der Waals surface area contributed by atoms with Crippen molar-refractivity contribution in [3.05, 3.63) is 40.8 Å². The van der Waals surface area contributed by atoms with Gasteiger partial charge in [-0.1, -0.05) is 30.3 Å². The van der Waals surface area contributed by atoms with Gasteiger partial charge >= 0.3 is 5.69 Å². The number of nitrogens with zero attached hydrogens (tertiary/aromatic N) is 3. The molecule has 2 rings (SSSR count). The van der Waals surface area contributed by atoms with Crippen molar-refractivity contribution in [2.45, 2.75) is 13.5 Å². The van der Waals surface area contributed by atoms with Gasteiger partial charge in [-0.05, 0) is 6.92 Å². The molecule has 1 heterocycles. The number of sulfonamides is 1. The van der Waals surface area contributed by atoms with Crippen molar-refractivity contribution in [1.29, 1.82) is 0 Å². The van der Waals surface area contributed by atoms with Crippen LogP contribution in [0.3, 0.4) is 0 Å². The maximum absolute atomic E-state index is 12.1. The number of hydrogen-bond donors (Lipinski definition) is 1. The lowest BCUT2D eigenvalue weighted by Crippen LogP contribution is -2.32. The summed E-state index contributed by atoms with van der Waals surface area (Å²) >= 11 is 0. The van der Waals surface area contributed by atoms with Crippen molar-refractivity contribution in [2.75, 3.05) is 12.3 Å². The van der Waals surface area contributed by atoms with Crippen molar-refractivity contribution in [3.8, 4) is 11.4 Å². The molecule has 0 aliphatic heterocycles. The molecule has 1 aromatic carbocycles. The predicted molar refractivity (Wildman–Crippen MR) is 80.4 cm³/mol. The molecule has 0 radical (unpaired) electrons. The highest BCUT2D eigenvalue weighted by molar-refractivity contribution is 7.89. The third-order valence-electron chi connectivity index (χ3n) is 3.10. The number of hydrogen-bond acceptors (Lipinski definition) is 4. The van der Waals surface area contributed by atoms with Gasteiger partial charge in [-0.25, -0.2) is 22.6 Å². The van der Waals surface area contributed by atoms with Crippen LogP contribution in [0.25, 0.3) is 11.4 Å². The van der Waals surface area contributed by atoms with Gasteiger partial charge in [0.2, 0.25) is 10.0 Å². The monoisotopic (exact) mass is 310 g/mol. The Balaban J connectivity index is 2.18. The summed E-state index contributed by atoms with van der Waals surface area (Å²) in [5.41, 5.74) is 0.564. The molecule has 114 valence electrons. The lowest BCUT2D eigenvalue weighted by molar-refractivity contribution is 0.551. The smallest absolute Gasteiger partial charge is 0.278 e. The predicted octanol–water partition coefficient (Wildman–Crippen LogP) is 0.188. The van der Waals surface area contributed by atoms with Gasteiger partial charge in [0, 0.05) is 19.2 Å². The highest BCUT2D eigenvalue weighted by atomic mass is 32.2. The Morgan fingerprint density at radius 1 is 1.24 bits per heavy atom. The topological polar surface area (TPSA) is 86.0 Å². The Kier molecular flexibility index (Phi) is 4.59. The minimum atomic E-state index is -3.26. The molecule has 8 heteroatoms. The first-order chi connectivity index (χ1) is 9.94. The Hall–Kier alpha value is -1.93. The van der Waals surface area contributed by atoms with E-state index in [-0.39, 0.29) is 24.5 Å². The third kappa shape index (κ3) is 3.59. The third-order valence-corrected chi connectivity index (χ3v) is 4.50. The molecule has 21 heavy (non-hydrogen) atoms. The van der Waals surface area contributed by atoms with Gasteiger partial charge in [-0.2, -0.15) is 0 Å². The Morgan fingerprint density at radius 3 is 2.52 bits per heavy atom. The molecule has 0 fully saturated rings. The quantitative estimate of drug-likeness (QED) is 0.825. The molecule has 0 saturated carbocycles. The molecule has 7 nitrogen and oxygen atoms in total. The summed E-state index contributed by atoms with van der Waals surface area (Å²) in [6.45, 7) is 1.89. The van der Waals surface area contributed by atoms with E-state index in [1.807, 2.05) is 30.3 Å². The van der Waals surface area contributed by atoms with Crippen LogP contribution in [-0.4, -0.2) is 35.1 Å². The van der Waals surface area contributed by atoms with Crippen LogP contribution < -0.4 is 10.4 Å². The Labute approximate surface area is 123 Å². The first-order valence-corrected chi connectivity index (χ1v) is 8.26. The zero-order valence-corrected chi connectivity index (χ0v) is 12.8. The van der Waals surface area contributed by atoms with E-state index in [2.05, 4.69) is 9.82 Å². The van der Waals surface area contributed by atoms with E-state index in [4.69, 9.17) is 0 Å². The first-order valence-electron chi connectivity index (χ1n) is 6.61. The molecule has 0 saturated heterocycles. The summed E-state index contributed by atoms with van der Waals surface area (Å²) in [5, 5.41) is 4.26. The molecule has 0 aliphatic carbocycles. The summed E-state index contributed by atoms with van der Waals surface area (Å²) in [5.74, 6) is 0.568. The second kappa shape index (κ2) is 6.23. The fourth-order valence-corrected chi connectivity index (χ4v) is 2.49. The van der Waals surface area contributed by atoms with Crippen LogP contribution in [0, 0.1) is 0 Å². The minimum Gasteiger partial charge on any atom is -0.278 e. The van der Waals surface area contributed by atoms with Gasteiger partial charge in [0.15, 0.2) is 5.82 Å². The van der Waals surface area contributed by atoms with Crippen LogP contribution in [0.4, 0.5) is 0 Å².